The third kappa shape index (κ3) is 1.86. The SMILES string of the molecule is Cc1nn(C)c(N2CCN3CCCCC3C2)c1N. The highest BCUT2D eigenvalue weighted by atomic mass is 15.4. The molecule has 100 valence electrons. The van der Waals surface area contributed by atoms with Crippen LogP contribution in [0.15, 0.2) is 0 Å². The maximum atomic E-state index is 6.16. The second kappa shape index (κ2) is 4.46. The first-order valence-electron chi connectivity index (χ1n) is 6.95. The molecule has 2 saturated heterocycles. The predicted molar refractivity (Wildman–Crippen MR) is 73.8 cm³/mol. The van der Waals surface area contributed by atoms with Gasteiger partial charge in [-0.25, -0.2) is 0 Å². The van der Waals surface area contributed by atoms with Crippen molar-refractivity contribution >= 4 is 11.5 Å². The number of nitrogens with two attached hydrogens (primary N) is 1. The number of aromatic nitrogens is 2. The van der Waals surface area contributed by atoms with Crippen molar-refractivity contribution in [2.24, 2.45) is 7.05 Å². The number of hydrogen-bond acceptors (Lipinski definition) is 4. The van der Waals surface area contributed by atoms with Crippen LogP contribution in [0.3, 0.4) is 0 Å². The maximum Gasteiger partial charge on any atom is 0.150 e. The lowest BCUT2D eigenvalue weighted by atomic mass is 9.99. The van der Waals surface area contributed by atoms with E-state index in [0.29, 0.717) is 6.04 Å². The zero-order valence-corrected chi connectivity index (χ0v) is 11.4. The van der Waals surface area contributed by atoms with E-state index in [4.69, 9.17) is 5.73 Å². The molecule has 0 saturated carbocycles. The second-order valence-corrected chi connectivity index (χ2v) is 5.58. The molecule has 2 aliphatic rings. The Balaban J connectivity index is 1.81. The molecule has 0 amide bonds. The van der Waals surface area contributed by atoms with Gasteiger partial charge in [0.1, 0.15) is 5.82 Å². The predicted octanol–water partition coefficient (Wildman–Crippen LogP) is 0.985. The standard InChI is InChI=1S/C13H23N5/c1-10-12(14)13(16(2)15-10)18-8-7-17-6-4-3-5-11(17)9-18/h11H,3-9,14H2,1-2H3. The van der Waals surface area contributed by atoms with Crippen LogP contribution in [0.1, 0.15) is 25.0 Å². The Labute approximate surface area is 109 Å². The summed E-state index contributed by atoms with van der Waals surface area (Å²) in [5.74, 6) is 1.11. The molecule has 3 rings (SSSR count). The highest BCUT2D eigenvalue weighted by Gasteiger charge is 2.31. The number of aryl methyl sites for hydroxylation is 2. The number of anilines is 2. The number of piperazine rings is 1. The summed E-state index contributed by atoms with van der Waals surface area (Å²) in [6.07, 6.45) is 4.06. The van der Waals surface area contributed by atoms with Crippen LogP contribution in [0, 0.1) is 6.92 Å². The van der Waals surface area contributed by atoms with Gasteiger partial charge in [-0.1, -0.05) is 6.42 Å². The number of hydrogen-bond donors (Lipinski definition) is 1. The Morgan fingerprint density at radius 2 is 2.06 bits per heavy atom. The van der Waals surface area contributed by atoms with E-state index in [-0.39, 0.29) is 0 Å². The van der Waals surface area contributed by atoms with Crippen molar-refractivity contribution < 1.29 is 0 Å². The summed E-state index contributed by atoms with van der Waals surface area (Å²) in [5, 5.41) is 4.43. The number of nitrogens with zero attached hydrogens (tertiary/aromatic N) is 4. The molecule has 1 aromatic heterocycles. The van der Waals surface area contributed by atoms with Crippen molar-refractivity contribution in [3.05, 3.63) is 5.69 Å². The van der Waals surface area contributed by atoms with Crippen molar-refractivity contribution in [3.63, 3.8) is 0 Å². The first kappa shape index (κ1) is 11.8. The summed E-state index contributed by atoms with van der Waals surface area (Å²) in [7, 11) is 1.99. The van der Waals surface area contributed by atoms with Gasteiger partial charge in [0.05, 0.1) is 11.4 Å². The summed E-state index contributed by atoms with van der Waals surface area (Å²) >= 11 is 0. The quantitative estimate of drug-likeness (QED) is 0.806. The summed E-state index contributed by atoms with van der Waals surface area (Å²) in [6, 6.07) is 0.710. The molecule has 2 N–H and O–H groups in total. The molecule has 0 aliphatic carbocycles. The van der Waals surface area contributed by atoms with Crippen LogP contribution >= 0.6 is 0 Å². The first-order valence-corrected chi connectivity index (χ1v) is 6.95. The summed E-state index contributed by atoms with van der Waals surface area (Å²) in [5.41, 5.74) is 7.96. The van der Waals surface area contributed by atoms with E-state index >= 15 is 0 Å². The molecule has 5 heteroatoms. The topological polar surface area (TPSA) is 50.3 Å². The van der Waals surface area contributed by atoms with Crippen LogP contribution in [-0.2, 0) is 7.05 Å². The number of nitrogen functional groups attached to an aromatic ring is 1. The van der Waals surface area contributed by atoms with Crippen LogP contribution in [0.2, 0.25) is 0 Å². The van der Waals surface area contributed by atoms with Gasteiger partial charge < -0.3 is 10.6 Å². The fraction of sp³-hybridized carbons (Fsp3) is 0.769. The van der Waals surface area contributed by atoms with Gasteiger partial charge in [-0.15, -0.1) is 0 Å². The molecule has 0 radical (unpaired) electrons. The van der Waals surface area contributed by atoms with E-state index in [2.05, 4.69) is 14.9 Å². The van der Waals surface area contributed by atoms with Crippen LogP contribution in [0.4, 0.5) is 11.5 Å². The smallest absolute Gasteiger partial charge is 0.150 e. The highest BCUT2D eigenvalue weighted by molar-refractivity contribution is 5.66. The highest BCUT2D eigenvalue weighted by Crippen LogP contribution is 2.29. The Morgan fingerprint density at radius 1 is 1.22 bits per heavy atom. The van der Waals surface area contributed by atoms with Crippen LogP contribution < -0.4 is 10.6 Å². The Morgan fingerprint density at radius 3 is 2.78 bits per heavy atom. The van der Waals surface area contributed by atoms with Gasteiger partial charge in [0.15, 0.2) is 0 Å². The largest absolute Gasteiger partial charge is 0.394 e. The van der Waals surface area contributed by atoms with Crippen molar-refractivity contribution in [2.75, 3.05) is 36.8 Å². The van der Waals surface area contributed by atoms with Crippen LogP contribution in [0.25, 0.3) is 0 Å². The first-order chi connectivity index (χ1) is 8.66. The summed E-state index contributed by atoms with van der Waals surface area (Å²) in [4.78, 5) is 5.06. The van der Waals surface area contributed by atoms with Crippen LogP contribution in [0.5, 0.6) is 0 Å². The molecular formula is C13H23N5. The minimum atomic E-state index is 0.710. The lowest BCUT2D eigenvalue weighted by molar-refractivity contribution is 0.133. The Bertz CT molecular complexity index is 439. The van der Waals surface area contributed by atoms with Gasteiger partial charge in [0, 0.05) is 32.7 Å². The van der Waals surface area contributed by atoms with Gasteiger partial charge in [0.25, 0.3) is 0 Å². The van der Waals surface area contributed by atoms with Gasteiger partial charge in [-0.3, -0.25) is 9.58 Å². The molecule has 1 aromatic rings. The fourth-order valence-corrected chi connectivity index (χ4v) is 3.39. The molecule has 0 spiro atoms. The molecular weight excluding hydrogens is 226 g/mol. The van der Waals surface area contributed by atoms with Gasteiger partial charge in [-0.05, 0) is 26.3 Å². The second-order valence-electron chi connectivity index (χ2n) is 5.58. The van der Waals surface area contributed by atoms with Gasteiger partial charge >= 0.3 is 0 Å². The van der Waals surface area contributed by atoms with E-state index in [9.17, 15) is 0 Å². The van der Waals surface area contributed by atoms with E-state index in [1.54, 1.807) is 0 Å². The average Bonchev–Trinajstić information content (AvgIpc) is 2.63. The minimum Gasteiger partial charge on any atom is -0.394 e. The van der Waals surface area contributed by atoms with E-state index < -0.39 is 0 Å². The molecule has 0 bridgehead atoms. The minimum absolute atomic E-state index is 0.710. The maximum absolute atomic E-state index is 6.16. The summed E-state index contributed by atoms with van der Waals surface area (Å²) in [6.45, 7) is 6.59. The van der Waals surface area contributed by atoms with Crippen molar-refractivity contribution in [3.8, 4) is 0 Å². The lowest BCUT2D eigenvalue weighted by Gasteiger charge is -2.44. The molecule has 1 atom stereocenters. The molecule has 5 nitrogen and oxygen atoms in total. The number of fused-ring (bicyclic) bond motifs is 1. The molecule has 3 heterocycles. The summed E-state index contributed by atoms with van der Waals surface area (Å²) < 4.78 is 1.93. The normalized spacial score (nSPS) is 25.2. The zero-order chi connectivity index (χ0) is 12.7. The third-order valence-electron chi connectivity index (χ3n) is 4.37. The van der Waals surface area contributed by atoms with Crippen LogP contribution in [-0.4, -0.2) is 46.9 Å². The fourth-order valence-electron chi connectivity index (χ4n) is 3.39. The van der Waals surface area contributed by atoms with Crippen molar-refractivity contribution in [1.82, 2.24) is 14.7 Å². The average molecular weight is 249 g/mol. The Hall–Kier alpha value is -1.23. The zero-order valence-electron chi connectivity index (χ0n) is 11.4. The molecule has 18 heavy (non-hydrogen) atoms. The van der Waals surface area contributed by atoms with E-state index in [1.807, 2.05) is 18.7 Å². The van der Waals surface area contributed by atoms with Crippen molar-refractivity contribution in [1.29, 1.82) is 0 Å². The molecule has 2 fully saturated rings. The molecule has 0 aromatic carbocycles. The van der Waals surface area contributed by atoms with Gasteiger partial charge in [-0.2, -0.15) is 5.10 Å². The van der Waals surface area contributed by atoms with E-state index in [1.165, 1.54) is 25.8 Å². The Kier molecular flexibility index (Phi) is 2.93. The monoisotopic (exact) mass is 249 g/mol. The lowest BCUT2D eigenvalue weighted by Crippen LogP contribution is -2.55. The van der Waals surface area contributed by atoms with Gasteiger partial charge in [0.2, 0.25) is 0 Å². The third-order valence-corrected chi connectivity index (χ3v) is 4.37. The van der Waals surface area contributed by atoms with E-state index in [0.717, 1.165) is 36.8 Å². The number of rotatable bonds is 1. The van der Waals surface area contributed by atoms with Crippen molar-refractivity contribution in [2.45, 2.75) is 32.2 Å². The molecule has 2 aliphatic heterocycles. The molecule has 1 unspecified atom stereocenters. The number of piperidine rings is 1.